The molecular weight excluding hydrogens is 238 g/mol. The summed E-state index contributed by atoms with van der Waals surface area (Å²) in [5, 5.41) is 3.51. The fourth-order valence-electron chi connectivity index (χ4n) is 2.51. The number of benzene rings is 1. The Labute approximate surface area is 116 Å². The van der Waals surface area contributed by atoms with Gasteiger partial charge in [-0.25, -0.2) is 0 Å². The Morgan fingerprint density at radius 1 is 1.42 bits per heavy atom. The van der Waals surface area contributed by atoms with Crippen LogP contribution in [-0.4, -0.2) is 25.8 Å². The lowest BCUT2D eigenvalue weighted by atomic mass is 9.89. The predicted octanol–water partition coefficient (Wildman–Crippen LogP) is 2.91. The second-order valence-electron chi connectivity index (χ2n) is 5.84. The molecule has 0 saturated carbocycles. The van der Waals surface area contributed by atoms with E-state index in [1.165, 1.54) is 11.1 Å². The Hall–Kier alpha value is -0.900. The zero-order valence-electron chi connectivity index (χ0n) is 12.4. The van der Waals surface area contributed by atoms with E-state index < -0.39 is 0 Å². The number of methoxy groups -OCH3 is 1. The number of hydrogen-bond acceptors (Lipinski definition) is 3. The van der Waals surface area contributed by atoms with Crippen LogP contribution < -0.4 is 5.32 Å². The zero-order valence-corrected chi connectivity index (χ0v) is 12.4. The van der Waals surface area contributed by atoms with E-state index in [4.69, 9.17) is 9.47 Å². The van der Waals surface area contributed by atoms with Crippen LogP contribution in [0, 0.1) is 5.92 Å². The number of nitrogens with one attached hydrogen (secondary N) is 1. The summed E-state index contributed by atoms with van der Waals surface area (Å²) in [7, 11) is 1.73. The molecule has 2 rings (SSSR count). The Morgan fingerprint density at radius 3 is 2.84 bits per heavy atom. The molecule has 0 spiro atoms. The van der Waals surface area contributed by atoms with Crippen LogP contribution in [0.15, 0.2) is 24.3 Å². The average molecular weight is 263 g/mol. The second-order valence-corrected chi connectivity index (χ2v) is 5.84. The third kappa shape index (κ3) is 3.16. The molecular formula is C16H25NO2. The summed E-state index contributed by atoms with van der Waals surface area (Å²) in [6.07, 6.45) is 0.104. The van der Waals surface area contributed by atoms with Crippen molar-refractivity contribution < 1.29 is 9.47 Å². The molecule has 3 heteroatoms. The molecule has 1 aliphatic rings. The van der Waals surface area contributed by atoms with Crippen molar-refractivity contribution >= 4 is 0 Å². The molecule has 3 nitrogen and oxygen atoms in total. The molecule has 1 aromatic rings. The predicted molar refractivity (Wildman–Crippen MR) is 77.1 cm³/mol. The van der Waals surface area contributed by atoms with E-state index in [2.05, 4.69) is 50.4 Å². The van der Waals surface area contributed by atoms with E-state index in [0.717, 1.165) is 13.1 Å². The lowest BCUT2D eigenvalue weighted by Crippen LogP contribution is -2.52. The summed E-state index contributed by atoms with van der Waals surface area (Å²) in [6.45, 7) is 9.02. The van der Waals surface area contributed by atoms with Gasteiger partial charge >= 0.3 is 0 Å². The largest absolute Gasteiger partial charge is 0.380 e. The molecule has 106 valence electrons. The van der Waals surface area contributed by atoms with Gasteiger partial charge in [-0.15, -0.1) is 0 Å². The van der Waals surface area contributed by atoms with Crippen molar-refractivity contribution in [1.82, 2.24) is 5.32 Å². The molecule has 1 saturated heterocycles. The molecule has 1 heterocycles. The second kappa shape index (κ2) is 6.04. The summed E-state index contributed by atoms with van der Waals surface area (Å²) in [4.78, 5) is 0. The van der Waals surface area contributed by atoms with Crippen LogP contribution in [0.4, 0.5) is 0 Å². The van der Waals surface area contributed by atoms with Crippen LogP contribution in [0.5, 0.6) is 0 Å². The Balaban J connectivity index is 2.22. The van der Waals surface area contributed by atoms with E-state index in [-0.39, 0.29) is 11.7 Å². The molecule has 1 N–H and O–H groups in total. The van der Waals surface area contributed by atoms with Crippen LogP contribution in [0.1, 0.15) is 38.0 Å². The summed E-state index contributed by atoms with van der Waals surface area (Å²) in [5.41, 5.74) is 2.34. The van der Waals surface area contributed by atoms with Gasteiger partial charge in [-0.3, -0.25) is 0 Å². The summed E-state index contributed by atoms with van der Waals surface area (Å²) in [5.74, 6) is 0.484. The fraction of sp³-hybridized carbons (Fsp3) is 0.625. The quantitative estimate of drug-likeness (QED) is 0.906. The van der Waals surface area contributed by atoms with Crippen LogP contribution in [-0.2, 0) is 16.1 Å². The minimum absolute atomic E-state index is 0.104. The number of ether oxygens (including phenoxy) is 2. The van der Waals surface area contributed by atoms with Gasteiger partial charge in [0.05, 0.1) is 18.3 Å². The Morgan fingerprint density at radius 2 is 2.16 bits per heavy atom. The van der Waals surface area contributed by atoms with Crippen molar-refractivity contribution in [2.24, 2.45) is 5.92 Å². The molecule has 0 aliphatic carbocycles. The maximum absolute atomic E-state index is 6.39. The summed E-state index contributed by atoms with van der Waals surface area (Å²) < 4.78 is 11.7. The topological polar surface area (TPSA) is 30.5 Å². The van der Waals surface area contributed by atoms with Gasteiger partial charge in [-0.1, -0.05) is 38.1 Å². The van der Waals surface area contributed by atoms with Gasteiger partial charge in [0.2, 0.25) is 0 Å². The van der Waals surface area contributed by atoms with Gasteiger partial charge in [-0.2, -0.15) is 0 Å². The van der Waals surface area contributed by atoms with Crippen LogP contribution in [0.25, 0.3) is 0 Å². The standard InChI is InChI=1S/C16H25NO2/c1-12(2)16(3)11-17-9-15(19-16)14-8-6-5-7-13(14)10-18-4/h5-8,12,15,17H,9-11H2,1-4H3. The van der Waals surface area contributed by atoms with Crippen LogP contribution in [0.2, 0.25) is 0 Å². The lowest BCUT2D eigenvalue weighted by molar-refractivity contribution is -0.132. The monoisotopic (exact) mass is 263 g/mol. The molecule has 19 heavy (non-hydrogen) atoms. The molecule has 0 aromatic heterocycles. The molecule has 1 fully saturated rings. The van der Waals surface area contributed by atoms with Gasteiger partial charge < -0.3 is 14.8 Å². The molecule has 1 aromatic carbocycles. The first kappa shape index (κ1) is 14.5. The van der Waals surface area contributed by atoms with E-state index in [1.54, 1.807) is 7.11 Å². The third-order valence-corrected chi connectivity index (χ3v) is 4.14. The number of morpholine rings is 1. The van der Waals surface area contributed by atoms with Gasteiger partial charge in [0, 0.05) is 20.2 Å². The maximum atomic E-state index is 6.39. The van der Waals surface area contributed by atoms with Gasteiger partial charge in [0.25, 0.3) is 0 Å². The van der Waals surface area contributed by atoms with Crippen molar-refractivity contribution in [3.63, 3.8) is 0 Å². The smallest absolute Gasteiger partial charge is 0.0960 e. The SMILES string of the molecule is COCc1ccccc1C1CNCC(C)(C(C)C)O1. The first-order valence-corrected chi connectivity index (χ1v) is 7.02. The molecule has 2 atom stereocenters. The first-order valence-electron chi connectivity index (χ1n) is 7.02. The van der Waals surface area contributed by atoms with Gasteiger partial charge in [-0.05, 0) is 24.0 Å². The molecule has 0 bridgehead atoms. The van der Waals surface area contributed by atoms with E-state index >= 15 is 0 Å². The van der Waals surface area contributed by atoms with Crippen molar-refractivity contribution in [1.29, 1.82) is 0 Å². The fourth-order valence-corrected chi connectivity index (χ4v) is 2.51. The number of rotatable bonds is 4. The molecule has 0 radical (unpaired) electrons. The number of hydrogen-bond donors (Lipinski definition) is 1. The molecule has 0 amide bonds. The maximum Gasteiger partial charge on any atom is 0.0960 e. The average Bonchev–Trinajstić information content (AvgIpc) is 2.40. The summed E-state index contributed by atoms with van der Waals surface area (Å²) >= 11 is 0. The normalized spacial score (nSPS) is 27.7. The van der Waals surface area contributed by atoms with Crippen molar-refractivity contribution in [2.75, 3.05) is 20.2 Å². The van der Waals surface area contributed by atoms with Crippen LogP contribution in [0.3, 0.4) is 0 Å². The summed E-state index contributed by atoms with van der Waals surface area (Å²) in [6, 6.07) is 8.38. The van der Waals surface area contributed by atoms with Crippen molar-refractivity contribution in [3.05, 3.63) is 35.4 Å². The lowest BCUT2D eigenvalue weighted by Gasteiger charge is -2.42. The highest BCUT2D eigenvalue weighted by atomic mass is 16.5. The highest BCUT2D eigenvalue weighted by Gasteiger charge is 2.36. The Bertz CT molecular complexity index is 419. The van der Waals surface area contributed by atoms with Gasteiger partial charge in [0.1, 0.15) is 0 Å². The zero-order chi connectivity index (χ0) is 13.9. The minimum atomic E-state index is -0.108. The van der Waals surface area contributed by atoms with Crippen LogP contribution >= 0.6 is 0 Å². The first-order chi connectivity index (χ1) is 9.07. The van der Waals surface area contributed by atoms with E-state index in [1.807, 2.05) is 0 Å². The van der Waals surface area contributed by atoms with Gasteiger partial charge in [0.15, 0.2) is 0 Å². The molecule has 1 aliphatic heterocycles. The third-order valence-electron chi connectivity index (χ3n) is 4.14. The van der Waals surface area contributed by atoms with E-state index in [0.29, 0.717) is 12.5 Å². The van der Waals surface area contributed by atoms with Crippen molar-refractivity contribution in [3.8, 4) is 0 Å². The minimum Gasteiger partial charge on any atom is -0.380 e. The molecule has 2 unspecified atom stereocenters. The Kier molecular flexibility index (Phi) is 4.61. The van der Waals surface area contributed by atoms with Crippen molar-refractivity contribution in [2.45, 2.75) is 39.1 Å². The highest BCUT2D eigenvalue weighted by molar-refractivity contribution is 5.29. The highest BCUT2D eigenvalue weighted by Crippen LogP contribution is 2.33. The van der Waals surface area contributed by atoms with E-state index in [9.17, 15) is 0 Å².